The minimum atomic E-state index is 0.238. The second kappa shape index (κ2) is 6.06. The summed E-state index contributed by atoms with van der Waals surface area (Å²) in [5.74, 6) is 3.54. The van der Waals surface area contributed by atoms with E-state index in [2.05, 4.69) is 78.9 Å². The highest BCUT2D eigenvalue weighted by molar-refractivity contribution is 6.36. The van der Waals surface area contributed by atoms with E-state index in [0.717, 1.165) is 34.1 Å². The summed E-state index contributed by atoms with van der Waals surface area (Å²) < 4.78 is 0. The van der Waals surface area contributed by atoms with Crippen molar-refractivity contribution in [2.24, 2.45) is 23.7 Å². The number of hydrogen-bond donors (Lipinski definition) is 0. The predicted octanol–water partition coefficient (Wildman–Crippen LogP) is 8.49. The number of hydrogen-bond acceptors (Lipinski definition) is 0. The maximum atomic E-state index is 6.60. The van der Waals surface area contributed by atoms with Crippen LogP contribution in [0.2, 0.25) is 5.02 Å². The molecule has 5 aliphatic carbocycles. The monoisotopic (exact) mass is 432 g/mol. The van der Waals surface area contributed by atoms with E-state index in [-0.39, 0.29) is 5.41 Å². The Labute approximate surface area is 194 Å². The predicted molar refractivity (Wildman–Crippen MR) is 133 cm³/mol. The fraction of sp³-hybridized carbons (Fsp3) is 0.290. The van der Waals surface area contributed by atoms with Crippen LogP contribution in [0.4, 0.5) is 0 Å². The average molecular weight is 433 g/mol. The first kappa shape index (κ1) is 17.9. The molecule has 4 aromatic rings. The normalized spacial score (nSPS) is 30.9. The molecule has 0 amide bonds. The Morgan fingerprint density at radius 2 is 1.41 bits per heavy atom. The van der Waals surface area contributed by atoms with Crippen molar-refractivity contribution in [1.29, 1.82) is 0 Å². The lowest BCUT2D eigenvalue weighted by Crippen LogP contribution is -2.40. The number of halogens is 1. The Hall–Kier alpha value is -2.57. The van der Waals surface area contributed by atoms with Crippen molar-refractivity contribution in [2.45, 2.75) is 31.1 Å². The van der Waals surface area contributed by atoms with E-state index in [0.29, 0.717) is 0 Å². The summed E-state index contributed by atoms with van der Waals surface area (Å²) in [4.78, 5) is 0. The van der Waals surface area contributed by atoms with Crippen LogP contribution in [-0.2, 0) is 5.41 Å². The van der Waals surface area contributed by atoms with E-state index >= 15 is 0 Å². The van der Waals surface area contributed by atoms with Gasteiger partial charge in [0.2, 0.25) is 0 Å². The van der Waals surface area contributed by atoms with Crippen LogP contribution in [0.5, 0.6) is 0 Å². The zero-order valence-corrected chi connectivity index (χ0v) is 18.8. The number of rotatable bonds is 1. The van der Waals surface area contributed by atoms with Crippen molar-refractivity contribution in [1.82, 2.24) is 0 Å². The van der Waals surface area contributed by atoms with Crippen molar-refractivity contribution in [2.75, 3.05) is 0 Å². The first-order valence-electron chi connectivity index (χ1n) is 12.2. The highest BCUT2D eigenvalue weighted by atomic mass is 35.5. The van der Waals surface area contributed by atoms with Gasteiger partial charge in [0.15, 0.2) is 0 Å². The Morgan fingerprint density at radius 1 is 0.625 bits per heavy atom. The molecular formula is C31H25Cl. The van der Waals surface area contributed by atoms with E-state index < -0.39 is 0 Å². The first-order chi connectivity index (χ1) is 15.8. The van der Waals surface area contributed by atoms with Gasteiger partial charge in [-0.05, 0) is 94.2 Å². The van der Waals surface area contributed by atoms with Gasteiger partial charge in [-0.3, -0.25) is 0 Å². The van der Waals surface area contributed by atoms with Gasteiger partial charge in [0.05, 0.1) is 0 Å². The Kier molecular flexibility index (Phi) is 3.39. The first-order valence-corrected chi connectivity index (χ1v) is 12.6. The van der Waals surface area contributed by atoms with E-state index in [1.54, 1.807) is 11.1 Å². The highest BCUT2D eigenvalue weighted by Gasteiger charge is 2.66. The Bertz CT molecular complexity index is 1430. The second-order valence-corrected chi connectivity index (χ2v) is 11.1. The van der Waals surface area contributed by atoms with E-state index in [1.807, 2.05) is 0 Å². The highest BCUT2D eigenvalue weighted by Crippen LogP contribution is 2.73. The summed E-state index contributed by atoms with van der Waals surface area (Å²) in [6.07, 6.45) is 5.77. The van der Waals surface area contributed by atoms with Gasteiger partial charge in [0, 0.05) is 15.8 Å². The third-order valence-electron chi connectivity index (χ3n) is 9.54. The quantitative estimate of drug-likeness (QED) is 0.283. The van der Waals surface area contributed by atoms with Gasteiger partial charge in [-0.15, -0.1) is 0 Å². The third-order valence-corrected chi connectivity index (χ3v) is 9.87. The molecule has 0 saturated heterocycles. The topological polar surface area (TPSA) is 0 Å². The molecule has 32 heavy (non-hydrogen) atoms. The van der Waals surface area contributed by atoms with Crippen molar-refractivity contribution >= 4 is 22.4 Å². The van der Waals surface area contributed by atoms with Crippen molar-refractivity contribution in [3.63, 3.8) is 0 Å². The van der Waals surface area contributed by atoms with Crippen LogP contribution in [0, 0.1) is 23.7 Å². The van der Waals surface area contributed by atoms with Gasteiger partial charge >= 0.3 is 0 Å². The van der Waals surface area contributed by atoms with Crippen LogP contribution >= 0.6 is 11.6 Å². The van der Waals surface area contributed by atoms with Crippen molar-refractivity contribution < 1.29 is 0 Å². The Balaban J connectivity index is 1.47. The lowest BCUT2D eigenvalue weighted by atomic mass is 9.59. The van der Waals surface area contributed by atoms with Crippen molar-refractivity contribution in [3.05, 3.63) is 95.0 Å². The molecule has 5 atom stereocenters. The molecule has 4 saturated carbocycles. The van der Waals surface area contributed by atoms with Gasteiger partial charge in [0.1, 0.15) is 0 Å². The van der Waals surface area contributed by atoms with Gasteiger partial charge in [-0.25, -0.2) is 0 Å². The molecular weight excluding hydrogens is 408 g/mol. The smallest absolute Gasteiger partial charge is 0.0484 e. The minimum absolute atomic E-state index is 0.238. The molecule has 4 aromatic carbocycles. The van der Waals surface area contributed by atoms with E-state index in [1.165, 1.54) is 53.3 Å². The summed E-state index contributed by atoms with van der Waals surface area (Å²) >= 11 is 6.60. The van der Waals surface area contributed by atoms with Crippen LogP contribution in [0.25, 0.3) is 33.0 Å². The molecule has 1 spiro atoms. The lowest BCUT2D eigenvalue weighted by Gasteiger charge is -2.43. The third kappa shape index (κ3) is 1.98. The zero-order chi connectivity index (χ0) is 21.0. The maximum Gasteiger partial charge on any atom is 0.0484 e. The fourth-order valence-electron chi connectivity index (χ4n) is 8.74. The summed E-state index contributed by atoms with van der Waals surface area (Å²) in [7, 11) is 0. The largest absolute Gasteiger partial charge is 0.0837 e. The molecule has 4 fully saturated rings. The molecule has 0 heterocycles. The lowest BCUT2D eigenvalue weighted by molar-refractivity contribution is 0.191. The molecule has 4 bridgehead atoms. The number of benzene rings is 4. The van der Waals surface area contributed by atoms with Crippen LogP contribution in [0.15, 0.2) is 78.9 Å². The molecule has 0 aromatic heterocycles. The van der Waals surface area contributed by atoms with Crippen molar-refractivity contribution in [3.8, 4) is 22.3 Å². The number of fused-ring (bicyclic) bond motifs is 4. The minimum Gasteiger partial charge on any atom is -0.0837 e. The molecule has 1 heteroatoms. The molecule has 0 radical (unpaired) electrons. The van der Waals surface area contributed by atoms with Gasteiger partial charge in [0.25, 0.3) is 0 Å². The van der Waals surface area contributed by atoms with Gasteiger partial charge < -0.3 is 0 Å². The standard InChI is InChI=1S/C31H25Cl/c32-29-13-12-22(21-6-1-2-7-23(21)29)24-9-5-11-27-30(24)25-8-3-4-10-26(25)31(27)20-15-18-14-19(17-20)28(31)16-18/h1-13,18-20,28H,14-17H2. The van der Waals surface area contributed by atoms with E-state index in [9.17, 15) is 0 Å². The summed E-state index contributed by atoms with van der Waals surface area (Å²) in [6, 6.07) is 29.4. The SMILES string of the molecule is Clc1ccc(-c2cccc3c2-c2ccccc2C32C3CC4CC(C3)C2C4)c2ccccc12. The Morgan fingerprint density at radius 3 is 2.31 bits per heavy atom. The molecule has 156 valence electrons. The molecule has 0 nitrogen and oxygen atoms in total. The maximum absolute atomic E-state index is 6.60. The van der Waals surface area contributed by atoms with Crippen LogP contribution in [-0.4, -0.2) is 0 Å². The molecule has 0 aliphatic heterocycles. The summed E-state index contributed by atoms with van der Waals surface area (Å²) in [5, 5.41) is 3.23. The van der Waals surface area contributed by atoms with Gasteiger partial charge in [-0.1, -0.05) is 84.4 Å². The molecule has 5 aliphatic rings. The van der Waals surface area contributed by atoms with Crippen LogP contribution in [0.3, 0.4) is 0 Å². The summed E-state index contributed by atoms with van der Waals surface area (Å²) in [5.41, 5.74) is 9.13. The van der Waals surface area contributed by atoms with Crippen LogP contribution < -0.4 is 0 Å². The fourth-order valence-corrected chi connectivity index (χ4v) is 8.97. The van der Waals surface area contributed by atoms with E-state index in [4.69, 9.17) is 11.6 Å². The van der Waals surface area contributed by atoms with Gasteiger partial charge in [-0.2, -0.15) is 0 Å². The van der Waals surface area contributed by atoms with Crippen LogP contribution in [0.1, 0.15) is 36.8 Å². The average Bonchev–Trinajstić information content (AvgIpc) is 3.38. The molecule has 0 N–H and O–H groups in total. The zero-order valence-electron chi connectivity index (χ0n) is 18.0. The molecule has 9 rings (SSSR count). The second-order valence-electron chi connectivity index (χ2n) is 10.7. The molecule has 5 unspecified atom stereocenters. The summed E-state index contributed by atoms with van der Waals surface area (Å²) in [6.45, 7) is 0.